The third kappa shape index (κ3) is 42.4. The van der Waals surface area contributed by atoms with Crippen LogP contribution in [-0.2, 0) is 91.7 Å². The number of nitrogens with two attached hydrogens (primary N) is 1. The summed E-state index contributed by atoms with van der Waals surface area (Å²) >= 11 is 6.83. The van der Waals surface area contributed by atoms with E-state index in [1.165, 1.54) is 78.6 Å². The minimum absolute atomic E-state index is 0.0114. The molecule has 0 spiro atoms. The van der Waals surface area contributed by atoms with Crippen molar-refractivity contribution in [2.45, 2.75) is 231 Å². The minimum Gasteiger partial charge on any atom is -0.481 e. The number of nitrogens with zero attached hydrogens (tertiary/aromatic N) is 2. The van der Waals surface area contributed by atoms with Gasteiger partial charge in [-0.15, -0.1) is 0 Å². The highest BCUT2D eigenvalue weighted by atomic mass is 35.5. The van der Waals surface area contributed by atoms with Gasteiger partial charge in [-0.1, -0.05) is 273 Å². The van der Waals surface area contributed by atoms with E-state index in [-0.39, 0.29) is 126 Å². The number of hydrogen-bond acceptors (Lipinski definition) is 28. The fourth-order valence-corrected chi connectivity index (χ4v) is 22.3. The first-order valence-corrected chi connectivity index (χ1v) is 51.2. The van der Waals surface area contributed by atoms with E-state index in [9.17, 15) is 71.9 Å². The van der Waals surface area contributed by atoms with Gasteiger partial charge in [0.2, 0.25) is 23.6 Å². The number of nitrogens with one attached hydrogen (secondary N) is 5. The number of aliphatic carboxylic acids is 1. The number of carboxylic acids is 1. The molecule has 3 aromatic rings. The normalized spacial score (nSPS) is 15.3. The number of ether oxygens (including phenoxy) is 4. The fourth-order valence-electron chi connectivity index (χ4n) is 11.5. The molecule has 8 N–H and O–H groups in total. The van der Waals surface area contributed by atoms with Crippen molar-refractivity contribution in [1.82, 2.24) is 36.4 Å². The number of hydrogen-bond donors (Lipinski definition) is 7. The van der Waals surface area contributed by atoms with Gasteiger partial charge < -0.3 is 56.4 Å². The van der Waals surface area contributed by atoms with Crippen molar-refractivity contribution in [3.63, 3.8) is 0 Å². The van der Waals surface area contributed by atoms with E-state index in [0.717, 1.165) is 39.7 Å². The number of carbonyl (C=O) groups is 15. The van der Waals surface area contributed by atoms with E-state index in [4.69, 9.17) is 41.4 Å². The van der Waals surface area contributed by atoms with Gasteiger partial charge >= 0.3 is 18.0 Å². The number of benzene rings is 3. The Morgan fingerprint density at radius 2 is 0.810 bits per heavy atom. The Hall–Kier alpha value is -6.84. The van der Waals surface area contributed by atoms with Crippen LogP contribution in [0.15, 0.2) is 103 Å². The maximum absolute atomic E-state index is 14.1. The molecule has 0 radical (unpaired) electrons. The van der Waals surface area contributed by atoms with Gasteiger partial charge in [0, 0.05) is 140 Å². The van der Waals surface area contributed by atoms with Crippen LogP contribution in [0.3, 0.4) is 0 Å². The number of Topliss-reactive ketones (excluding diaryl/α,β-unsaturated/α-hetero) is 4. The molecule has 2 heterocycles. The number of rotatable bonds is 51. The van der Waals surface area contributed by atoms with Crippen molar-refractivity contribution in [3.8, 4) is 0 Å². The summed E-state index contributed by atoms with van der Waals surface area (Å²) in [4.78, 5) is 198. The molecule has 0 bridgehead atoms. The van der Waals surface area contributed by atoms with Gasteiger partial charge in [-0.3, -0.25) is 76.9 Å². The van der Waals surface area contributed by atoms with Gasteiger partial charge in [0.15, 0.2) is 28.7 Å². The largest absolute Gasteiger partial charge is 0.481 e. The monoisotopic (exact) mass is 1920 g/mol. The van der Waals surface area contributed by atoms with Gasteiger partial charge in [0.05, 0.1) is 75.0 Å². The van der Waals surface area contributed by atoms with Gasteiger partial charge in [-0.2, -0.15) is 0 Å². The zero-order valence-electron chi connectivity index (χ0n) is 76.0. The van der Waals surface area contributed by atoms with Gasteiger partial charge in [-0.05, 0) is 47.6 Å². The highest BCUT2D eigenvalue weighted by Gasteiger charge is 2.44. The first-order valence-electron chi connectivity index (χ1n) is 41.6. The average molecular weight is 1920 g/mol. The molecule has 28 nitrogen and oxygen atoms in total. The number of ketones is 4. The minimum atomic E-state index is -1.45. The number of aryl methyl sites for hydroxylation is 1. The summed E-state index contributed by atoms with van der Waals surface area (Å²) in [5, 5.41) is 22.7. The lowest BCUT2D eigenvalue weighted by Gasteiger charge is -2.36. The van der Waals surface area contributed by atoms with Crippen LogP contribution in [0.1, 0.15) is 192 Å². The second kappa shape index (κ2) is 55.4. The second-order valence-corrected chi connectivity index (χ2v) is 47.4. The van der Waals surface area contributed by atoms with Crippen LogP contribution in [0.4, 0.5) is 4.79 Å². The van der Waals surface area contributed by atoms with Crippen molar-refractivity contribution in [2.24, 2.45) is 29.4 Å². The average Bonchev–Trinajstić information content (AvgIpc) is 0.997. The molecule has 0 aromatic heterocycles. The van der Waals surface area contributed by atoms with Crippen molar-refractivity contribution >= 4 is 186 Å². The first kappa shape index (κ1) is 113. The SMILES string of the molecule is CC.C[C@H](NC(=O)[C@H](CSSC(C)(C)C)CC(=O)[C@H](CN)N1C(=O)C=CC1=O)C(=O)C[C@@H](CSSC(C)(C)C)C(=O)NCCOCCC(=O)O.Cc1ccc(C(OC(=O)CCOCCNC(=O)[C@H](CSSC(C)(C)C)CC(=O)[C@H](C)NC(=O)[C@H](CSSC(C)(C)C)CC(=O)[C@H](CNC(=O)OC(C)(C)C)N2C(=O)C=CC2=O)(c2ccccc2)c2ccccc2Cl)cc1. The Kier molecular flexibility index (Phi) is 49.8. The van der Waals surface area contributed by atoms with Crippen LogP contribution in [0.2, 0.25) is 5.02 Å². The summed E-state index contributed by atoms with van der Waals surface area (Å²) in [6.45, 7) is 37.8. The molecule has 0 aliphatic carbocycles. The Bertz CT molecular complexity index is 4170. The molecule has 9 atom stereocenters. The Morgan fingerprint density at radius 1 is 0.452 bits per heavy atom. The third-order valence-corrected chi connectivity index (χ3v) is 31.5. The van der Waals surface area contributed by atoms with Crippen LogP contribution in [0.25, 0.3) is 0 Å². The lowest BCUT2D eigenvalue weighted by atomic mass is 9.79. The number of esters is 1. The maximum atomic E-state index is 14.1. The number of amides is 9. The molecular weight excluding hydrogens is 1790 g/mol. The zero-order valence-corrected chi connectivity index (χ0v) is 83.3. The molecule has 2 aliphatic rings. The molecule has 1 unspecified atom stereocenters. The molecule has 2 aliphatic heterocycles. The standard InChI is InChI=1S/C56H73ClN4O11S4.C31H50N4O9S4.C2H6/c1-36-21-23-41(24-22-36)56(40-17-13-12-14-18-40,42-19-15-16-20-43(42)57)71-49(66)27-29-70-30-28-58-50(67)38(34-73-75-54(6,7)8)31-45(62)37(2)60-51(68)39(35-74-76-55(9,10)11)32-46(63)44(61-47(64)25-26-48(61)65)33-59-52(69)72-53(3,4)5;1-19(23(36)14-20(17-45-47-30(2,3)4)28(42)33-11-13-44-12-10-27(40)41)34-29(43)21(18-46-48-31(5,6)7)15-24(37)22(16-32)35-25(38)8-9-26(35)39;1-2/h12-26,37-39,44H,27-35H2,1-11H3,(H,58,67)(H,59,69)(H,60,68);8-9,19-22H,10-18,32H2,1-7H3,(H,33,42)(H,34,43)(H,40,41);1-2H3/t37-,38-,39-,44-,56?;19-,20-,21-,22-;/m00./s1. The Morgan fingerprint density at radius 3 is 1.19 bits per heavy atom. The van der Waals surface area contributed by atoms with Crippen LogP contribution >= 0.6 is 98.0 Å². The van der Waals surface area contributed by atoms with Crippen LogP contribution in [0.5, 0.6) is 0 Å². The quantitative estimate of drug-likeness (QED) is 0.00907. The summed E-state index contributed by atoms with van der Waals surface area (Å²) < 4.78 is 22.2. The molecular formula is C89H129ClN8O20S8. The van der Waals surface area contributed by atoms with Gasteiger partial charge in [0.25, 0.3) is 23.6 Å². The highest BCUT2D eigenvalue weighted by molar-refractivity contribution is 8.78. The predicted octanol–water partition coefficient (Wildman–Crippen LogP) is 13.7. The maximum Gasteiger partial charge on any atom is 0.407 e. The van der Waals surface area contributed by atoms with E-state index in [1.54, 1.807) is 48.4 Å². The van der Waals surface area contributed by atoms with E-state index in [2.05, 4.69) is 26.6 Å². The smallest absolute Gasteiger partial charge is 0.407 e. The summed E-state index contributed by atoms with van der Waals surface area (Å²) in [6, 6.07) is 19.7. The number of carbonyl (C=O) groups excluding carboxylic acids is 14. The van der Waals surface area contributed by atoms with E-state index >= 15 is 0 Å². The molecule has 5 rings (SSSR count). The van der Waals surface area contributed by atoms with Crippen LogP contribution in [-0.4, -0.2) is 228 Å². The highest BCUT2D eigenvalue weighted by Crippen LogP contribution is 2.45. The summed E-state index contributed by atoms with van der Waals surface area (Å²) in [5.74, 6) is -10.7. The van der Waals surface area contributed by atoms with Crippen molar-refractivity contribution in [1.29, 1.82) is 0 Å². The number of halogens is 1. The zero-order chi connectivity index (χ0) is 95.1. The van der Waals surface area contributed by atoms with Gasteiger partial charge in [0.1, 0.15) is 17.7 Å². The number of alkyl carbamates (subject to hydrolysis) is 1. The molecule has 3 aromatic carbocycles. The van der Waals surface area contributed by atoms with Crippen molar-refractivity contribution in [2.75, 3.05) is 75.6 Å². The van der Waals surface area contributed by atoms with E-state index < -0.39 is 149 Å². The lowest BCUT2D eigenvalue weighted by molar-refractivity contribution is -0.155. The Labute approximate surface area is 779 Å². The van der Waals surface area contributed by atoms with Crippen molar-refractivity contribution in [3.05, 3.63) is 130 Å². The second-order valence-electron chi connectivity index (χ2n) is 34.3. The van der Waals surface area contributed by atoms with Gasteiger partial charge in [-0.25, -0.2) is 4.79 Å². The third-order valence-electron chi connectivity index (χ3n) is 17.5. The predicted molar refractivity (Wildman–Crippen MR) is 511 cm³/mol. The number of carboxylic acid groups (broad SMARTS) is 1. The molecule has 0 saturated heterocycles. The molecule has 0 fully saturated rings. The molecule has 37 heteroatoms. The topological polar surface area (TPSA) is 406 Å². The molecule has 0 saturated carbocycles. The molecule has 9 amide bonds. The lowest BCUT2D eigenvalue weighted by Crippen LogP contribution is -2.52. The van der Waals surface area contributed by atoms with E-state index in [0.29, 0.717) is 27.5 Å². The van der Waals surface area contributed by atoms with Crippen LogP contribution < -0.4 is 32.3 Å². The molecule has 126 heavy (non-hydrogen) atoms. The fraction of sp³-hybridized carbons (Fsp3) is 0.584. The number of imide groups is 2. The van der Waals surface area contributed by atoms with Crippen molar-refractivity contribution < 1.29 is 96.0 Å². The van der Waals surface area contributed by atoms with Crippen LogP contribution in [0, 0.1) is 30.6 Å². The summed E-state index contributed by atoms with van der Waals surface area (Å²) in [6.07, 6.45) is 1.97. The Balaban J connectivity index is 0.000000705. The summed E-state index contributed by atoms with van der Waals surface area (Å²) in [5.41, 5.74) is 6.60. The van der Waals surface area contributed by atoms with E-state index in [1.807, 2.05) is 177 Å². The summed E-state index contributed by atoms with van der Waals surface area (Å²) in [7, 11) is 11.8. The first-order chi connectivity index (χ1) is 58.8. The molecule has 700 valence electrons.